The average molecular weight is 906 g/mol. The van der Waals surface area contributed by atoms with Gasteiger partial charge in [0.15, 0.2) is 0 Å². The molecule has 59 heavy (non-hydrogen) atoms. The van der Waals surface area contributed by atoms with Crippen molar-refractivity contribution in [2.75, 3.05) is 64.1 Å². The van der Waals surface area contributed by atoms with Crippen molar-refractivity contribution in [2.24, 2.45) is 5.41 Å². The number of ether oxygens (including phenoxy) is 4. The molecule has 13 nitrogen and oxygen atoms in total. The number of rotatable bonds is 12. The molecule has 1 amide bonds. The first-order chi connectivity index (χ1) is 28.4. The lowest BCUT2D eigenvalue weighted by molar-refractivity contribution is -0.102. The summed E-state index contributed by atoms with van der Waals surface area (Å²) in [5, 5.41) is 1.56. The van der Waals surface area contributed by atoms with E-state index in [1.54, 1.807) is 24.5 Å². The fraction of sp³-hybridized carbons (Fsp3) is 0.372. The van der Waals surface area contributed by atoms with E-state index in [9.17, 15) is 13.2 Å². The molecule has 310 valence electrons. The summed E-state index contributed by atoms with van der Waals surface area (Å²) in [6, 6.07) is 18.4. The summed E-state index contributed by atoms with van der Waals surface area (Å²) >= 11 is 9.59. The number of fused-ring (bicyclic) bond motifs is 1. The number of halogens is 2. The van der Waals surface area contributed by atoms with Gasteiger partial charge >= 0.3 is 0 Å². The van der Waals surface area contributed by atoms with Crippen LogP contribution in [0.1, 0.15) is 49.0 Å². The van der Waals surface area contributed by atoms with Crippen molar-refractivity contribution in [2.45, 2.75) is 44.1 Å². The second-order valence-electron chi connectivity index (χ2n) is 15.8. The Labute approximate surface area is 357 Å². The van der Waals surface area contributed by atoms with Crippen LogP contribution in [0.3, 0.4) is 0 Å². The number of anilines is 1. The minimum atomic E-state index is -4.36. The molecule has 0 spiro atoms. The van der Waals surface area contributed by atoms with Crippen molar-refractivity contribution in [3.05, 3.63) is 105 Å². The van der Waals surface area contributed by atoms with Gasteiger partial charge in [0, 0.05) is 61.1 Å². The lowest BCUT2D eigenvalue weighted by Gasteiger charge is -2.39. The van der Waals surface area contributed by atoms with E-state index in [0.29, 0.717) is 35.7 Å². The van der Waals surface area contributed by atoms with Crippen LogP contribution in [0.2, 0.25) is 5.02 Å². The minimum Gasteiger partial charge on any atom is -0.474 e. The Morgan fingerprint density at radius 1 is 1.03 bits per heavy atom. The summed E-state index contributed by atoms with van der Waals surface area (Å²) in [4.78, 5) is 30.1. The molecule has 2 saturated heterocycles. The Morgan fingerprint density at radius 3 is 2.61 bits per heavy atom. The van der Waals surface area contributed by atoms with Gasteiger partial charge in [0.1, 0.15) is 34.8 Å². The van der Waals surface area contributed by atoms with E-state index >= 15 is 0 Å². The van der Waals surface area contributed by atoms with E-state index in [1.165, 1.54) is 22.8 Å². The van der Waals surface area contributed by atoms with Crippen molar-refractivity contribution < 1.29 is 32.2 Å². The average Bonchev–Trinajstić information content (AvgIpc) is 3.70. The monoisotopic (exact) mass is 904 g/mol. The first-order valence-corrected chi connectivity index (χ1v) is 22.3. The van der Waals surface area contributed by atoms with Gasteiger partial charge in [0.25, 0.3) is 15.9 Å². The molecule has 3 aromatic heterocycles. The Balaban J connectivity index is 0.986. The number of amides is 1. The zero-order chi connectivity index (χ0) is 41.1. The lowest BCUT2D eigenvalue weighted by Crippen LogP contribution is -2.47. The maximum Gasteiger partial charge on any atom is 0.268 e. The summed E-state index contributed by atoms with van der Waals surface area (Å²) in [5.41, 5.74) is 5.98. The van der Waals surface area contributed by atoms with E-state index in [2.05, 4.69) is 71.4 Å². The quantitative estimate of drug-likeness (QED) is 0.126. The molecule has 1 atom stereocenters. The van der Waals surface area contributed by atoms with Crippen molar-refractivity contribution in [3.63, 3.8) is 0 Å². The van der Waals surface area contributed by atoms with Crippen LogP contribution in [0.5, 0.6) is 17.4 Å². The van der Waals surface area contributed by atoms with Gasteiger partial charge < -0.3 is 28.8 Å². The van der Waals surface area contributed by atoms with E-state index < -0.39 is 15.9 Å². The van der Waals surface area contributed by atoms with Crippen molar-refractivity contribution >= 4 is 65.8 Å². The molecule has 5 aromatic rings. The Kier molecular flexibility index (Phi) is 12.3. The number of hydrogen-bond donors (Lipinski definition) is 2. The summed E-state index contributed by atoms with van der Waals surface area (Å²) in [6.45, 7) is 10.4. The third-order valence-electron chi connectivity index (χ3n) is 11.0. The molecule has 16 heteroatoms. The topological polar surface area (TPSA) is 148 Å². The number of aromatic amines is 1. The maximum absolute atomic E-state index is 13.8. The first-order valence-electron chi connectivity index (χ1n) is 19.6. The fourth-order valence-corrected chi connectivity index (χ4v) is 9.36. The van der Waals surface area contributed by atoms with Crippen LogP contribution in [0.25, 0.3) is 16.6 Å². The van der Waals surface area contributed by atoms with Crippen LogP contribution in [0, 0.1) is 5.41 Å². The van der Waals surface area contributed by atoms with Gasteiger partial charge in [-0.2, -0.15) is 0 Å². The highest BCUT2D eigenvalue weighted by atomic mass is 79.9. The van der Waals surface area contributed by atoms with Gasteiger partial charge in [0.05, 0.1) is 42.3 Å². The number of hydrogen-bond acceptors (Lipinski definition) is 11. The molecule has 2 aromatic carbocycles. The smallest absolute Gasteiger partial charge is 0.268 e. The standard InChI is InChI=1S/C43H46BrClN6O7S/c1-43(2)11-9-30(37(22-43)28-3-5-31(45)6-4-28)25-50-13-15-51(16-14-50)32-7-8-36(39(20-32)58-33-19-29-10-12-46-40(29)47-23-33)41(52)49-59(53,54)35-21-38(44)42(48-24-35)57-27-34-26-55-17-18-56-34/h3-8,10,12,19-21,23-24,34H,9,11,13-18,22,25-27H2,1-2H3,(H,46,47)(H,49,52). The Bertz CT molecular complexity index is 2460. The van der Waals surface area contributed by atoms with Crippen molar-refractivity contribution in [1.29, 1.82) is 0 Å². The Morgan fingerprint density at radius 2 is 1.85 bits per heavy atom. The number of nitrogens with one attached hydrogen (secondary N) is 2. The van der Waals surface area contributed by atoms with Gasteiger partial charge in [0.2, 0.25) is 5.88 Å². The molecule has 2 aliphatic heterocycles. The zero-order valence-electron chi connectivity index (χ0n) is 32.9. The van der Waals surface area contributed by atoms with Crippen LogP contribution in [-0.2, 0) is 19.5 Å². The van der Waals surface area contributed by atoms with E-state index in [0.717, 1.165) is 74.3 Å². The molecule has 3 aliphatic rings. The summed E-state index contributed by atoms with van der Waals surface area (Å²) < 4.78 is 52.7. The molecular weight excluding hydrogens is 860 g/mol. The predicted octanol–water partition coefficient (Wildman–Crippen LogP) is 7.86. The van der Waals surface area contributed by atoms with Crippen molar-refractivity contribution in [1.82, 2.24) is 24.6 Å². The highest BCUT2D eigenvalue weighted by molar-refractivity contribution is 9.10. The van der Waals surface area contributed by atoms with Crippen molar-refractivity contribution in [3.8, 4) is 17.4 Å². The van der Waals surface area contributed by atoms with E-state index in [1.807, 2.05) is 30.3 Å². The van der Waals surface area contributed by atoms with Crippen LogP contribution in [0.4, 0.5) is 5.69 Å². The second kappa shape index (κ2) is 17.6. The number of pyridine rings is 2. The number of H-pyrrole nitrogens is 1. The third-order valence-corrected chi connectivity index (χ3v) is 13.1. The summed E-state index contributed by atoms with van der Waals surface area (Å²) in [6.07, 6.45) is 7.45. The number of aromatic nitrogens is 3. The van der Waals surface area contributed by atoms with E-state index in [-0.39, 0.29) is 40.2 Å². The summed E-state index contributed by atoms with van der Waals surface area (Å²) in [5.74, 6) is -0.0973. The number of sulfonamides is 1. The molecular formula is C43H46BrClN6O7S. The number of piperazine rings is 1. The molecule has 1 unspecified atom stereocenters. The maximum atomic E-state index is 13.8. The largest absolute Gasteiger partial charge is 0.474 e. The van der Waals surface area contributed by atoms with Gasteiger partial charge in [-0.15, -0.1) is 0 Å². The van der Waals surface area contributed by atoms with Crippen LogP contribution in [-0.4, -0.2) is 99.4 Å². The van der Waals surface area contributed by atoms with Gasteiger partial charge in [-0.25, -0.2) is 23.1 Å². The number of carbonyl (C=O) groups is 1. The summed E-state index contributed by atoms with van der Waals surface area (Å²) in [7, 11) is -4.36. The van der Waals surface area contributed by atoms with Crippen LogP contribution >= 0.6 is 27.5 Å². The van der Waals surface area contributed by atoms with Gasteiger partial charge in [-0.1, -0.05) is 43.2 Å². The number of allylic oxidation sites excluding steroid dienone is 1. The zero-order valence-corrected chi connectivity index (χ0v) is 36.0. The second-order valence-corrected chi connectivity index (χ2v) is 18.8. The molecule has 0 bridgehead atoms. The third kappa shape index (κ3) is 9.93. The highest BCUT2D eigenvalue weighted by Crippen LogP contribution is 2.43. The van der Waals surface area contributed by atoms with Crippen LogP contribution < -0.4 is 19.1 Å². The Hall–Kier alpha value is -4.51. The predicted molar refractivity (Wildman–Crippen MR) is 230 cm³/mol. The highest BCUT2D eigenvalue weighted by Gasteiger charge is 2.30. The molecule has 0 saturated carbocycles. The van der Waals surface area contributed by atoms with Crippen LogP contribution in [0.15, 0.2) is 94.2 Å². The number of nitrogens with zero attached hydrogens (tertiary/aromatic N) is 4. The SMILES string of the molecule is CC1(C)CCC(CN2CCN(c3ccc(C(=O)NS(=O)(=O)c4cnc(OCC5COCCO5)c(Br)c4)c(Oc4cnc5[nH]ccc5c4)c3)CC2)=C(c2ccc(Cl)cc2)C1. The molecule has 1 aliphatic carbocycles. The molecule has 2 N–H and O–H groups in total. The minimum absolute atomic E-state index is 0.0358. The van der Waals surface area contributed by atoms with Gasteiger partial charge in [-0.3, -0.25) is 9.69 Å². The molecule has 8 rings (SSSR count). The van der Waals surface area contributed by atoms with E-state index in [4.69, 9.17) is 30.5 Å². The number of carbonyl (C=O) groups excluding carboxylic acids is 1. The number of benzene rings is 2. The molecule has 2 fully saturated rings. The fourth-order valence-electron chi connectivity index (χ4n) is 7.68. The molecule has 0 radical (unpaired) electrons. The normalized spacial score (nSPS) is 18.8. The van der Waals surface area contributed by atoms with Gasteiger partial charge in [-0.05, 0) is 94.2 Å². The first kappa shape index (κ1) is 41.2. The lowest BCUT2D eigenvalue weighted by atomic mass is 9.72. The molecule has 5 heterocycles.